The van der Waals surface area contributed by atoms with E-state index in [2.05, 4.69) is 10.3 Å². The number of amides is 2. The molecule has 0 spiro atoms. The van der Waals surface area contributed by atoms with E-state index in [1.807, 2.05) is 6.07 Å². The molecule has 0 aliphatic heterocycles. The highest BCUT2D eigenvalue weighted by Crippen LogP contribution is 2.21. The van der Waals surface area contributed by atoms with Crippen LogP contribution in [0.4, 0.5) is 11.5 Å². The molecule has 0 aliphatic carbocycles. The SMILES string of the molecule is COCCn1c(N)c(N(Cc2ccccc2)C(=O)CCNC(=O)c2ccccc2Cl)c(=O)[nH]c1=O. The van der Waals surface area contributed by atoms with Crippen molar-refractivity contribution in [3.8, 4) is 0 Å². The second-order valence-electron chi connectivity index (χ2n) is 7.59. The number of nitrogens with zero attached hydrogens (tertiary/aromatic N) is 2. The Morgan fingerprint density at radius 1 is 1.11 bits per heavy atom. The molecule has 0 bridgehead atoms. The van der Waals surface area contributed by atoms with Gasteiger partial charge in [-0.2, -0.15) is 0 Å². The van der Waals surface area contributed by atoms with Crippen molar-refractivity contribution in [2.75, 3.05) is 30.9 Å². The molecule has 3 rings (SSSR count). The van der Waals surface area contributed by atoms with Crippen LogP contribution in [0, 0.1) is 0 Å². The normalized spacial score (nSPS) is 10.7. The molecule has 0 unspecified atom stereocenters. The van der Waals surface area contributed by atoms with Crippen molar-refractivity contribution in [1.29, 1.82) is 0 Å². The number of aromatic amines is 1. The Balaban J connectivity index is 1.87. The van der Waals surface area contributed by atoms with Gasteiger partial charge in [-0.25, -0.2) is 4.79 Å². The van der Waals surface area contributed by atoms with E-state index in [-0.39, 0.29) is 49.7 Å². The number of nitrogens with one attached hydrogen (secondary N) is 2. The minimum Gasteiger partial charge on any atom is -0.383 e. The predicted molar refractivity (Wildman–Crippen MR) is 134 cm³/mol. The number of hydrogen-bond donors (Lipinski definition) is 3. The number of H-pyrrole nitrogens is 1. The lowest BCUT2D eigenvalue weighted by Crippen LogP contribution is -2.42. The van der Waals surface area contributed by atoms with Crippen LogP contribution in [0.25, 0.3) is 0 Å². The van der Waals surface area contributed by atoms with Gasteiger partial charge in [0, 0.05) is 20.1 Å². The van der Waals surface area contributed by atoms with Crippen LogP contribution < -0.4 is 27.2 Å². The highest BCUT2D eigenvalue weighted by atomic mass is 35.5. The molecule has 1 aromatic heterocycles. The Kier molecular flexibility index (Phi) is 8.82. The van der Waals surface area contributed by atoms with Crippen molar-refractivity contribution in [3.63, 3.8) is 0 Å². The second kappa shape index (κ2) is 12.0. The van der Waals surface area contributed by atoms with E-state index in [4.69, 9.17) is 22.1 Å². The molecule has 0 radical (unpaired) electrons. The van der Waals surface area contributed by atoms with Gasteiger partial charge < -0.3 is 20.7 Å². The van der Waals surface area contributed by atoms with Gasteiger partial charge in [-0.3, -0.25) is 23.9 Å². The van der Waals surface area contributed by atoms with Gasteiger partial charge in [-0.15, -0.1) is 0 Å². The van der Waals surface area contributed by atoms with Crippen molar-refractivity contribution < 1.29 is 14.3 Å². The minimum absolute atomic E-state index is 0.00466. The van der Waals surface area contributed by atoms with Crippen molar-refractivity contribution in [3.05, 3.63) is 91.6 Å². The van der Waals surface area contributed by atoms with Gasteiger partial charge in [0.05, 0.1) is 30.3 Å². The number of halogens is 1. The average molecular weight is 500 g/mol. The molecule has 0 saturated heterocycles. The lowest BCUT2D eigenvalue weighted by atomic mass is 10.2. The summed E-state index contributed by atoms with van der Waals surface area (Å²) in [6.45, 7) is 0.297. The van der Waals surface area contributed by atoms with Crippen LogP contribution >= 0.6 is 11.6 Å². The summed E-state index contributed by atoms with van der Waals surface area (Å²) in [5, 5.41) is 2.95. The number of rotatable bonds is 10. The van der Waals surface area contributed by atoms with Crippen LogP contribution in [-0.4, -0.2) is 41.6 Å². The molecule has 0 fully saturated rings. The summed E-state index contributed by atoms with van der Waals surface area (Å²) >= 11 is 6.06. The third kappa shape index (κ3) is 6.37. The Labute approximate surface area is 206 Å². The summed E-state index contributed by atoms with van der Waals surface area (Å²) in [6.07, 6.45) is -0.126. The first-order valence-corrected chi connectivity index (χ1v) is 11.2. The number of benzene rings is 2. The lowest BCUT2D eigenvalue weighted by Gasteiger charge is -2.25. The number of ether oxygens (including phenoxy) is 1. The van der Waals surface area contributed by atoms with Crippen LogP contribution in [0.15, 0.2) is 64.2 Å². The molecule has 2 aromatic carbocycles. The van der Waals surface area contributed by atoms with Crippen molar-refractivity contribution >= 4 is 34.9 Å². The summed E-state index contributed by atoms with van der Waals surface area (Å²) < 4.78 is 6.16. The molecular weight excluding hydrogens is 474 g/mol. The molecule has 0 atom stereocenters. The third-order valence-corrected chi connectivity index (χ3v) is 5.56. The molecule has 4 N–H and O–H groups in total. The van der Waals surface area contributed by atoms with Crippen LogP contribution in [-0.2, 0) is 22.6 Å². The van der Waals surface area contributed by atoms with E-state index in [0.717, 1.165) is 10.1 Å². The van der Waals surface area contributed by atoms with Crippen LogP contribution in [0.1, 0.15) is 22.3 Å². The molecule has 2 amide bonds. The Bertz CT molecular complexity index is 1310. The number of methoxy groups -OCH3 is 1. The van der Waals surface area contributed by atoms with Gasteiger partial charge in [-0.1, -0.05) is 54.1 Å². The fourth-order valence-electron chi connectivity index (χ4n) is 3.46. The molecule has 3 aromatic rings. The maximum Gasteiger partial charge on any atom is 0.330 e. The van der Waals surface area contributed by atoms with Crippen LogP contribution in [0.5, 0.6) is 0 Å². The smallest absolute Gasteiger partial charge is 0.330 e. The van der Waals surface area contributed by atoms with Crippen molar-refractivity contribution in [2.24, 2.45) is 0 Å². The maximum absolute atomic E-state index is 13.3. The molecule has 11 heteroatoms. The quantitative estimate of drug-likeness (QED) is 0.388. The summed E-state index contributed by atoms with van der Waals surface area (Å²) in [6, 6.07) is 15.6. The highest BCUT2D eigenvalue weighted by molar-refractivity contribution is 6.33. The van der Waals surface area contributed by atoms with E-state index >= 15 is 0 Å². The average Bonchev–Trinajstić information content (AvgIpc) is 2.84. The Hall–Kier alpha value is -3.89. The Morgan fingerprint density at radius 2 is 1.80 bits per heavy atom. The zero-order chi connectivity index (χ0) is 25.4. The second-order valence-corrected chi connectivity index (χ2v) is 8.00. The number of carbonyl (C=O) groups is 2. The topological polar surface area (TPSA) is 140 Å². The molecule has 184 valence electrons. The van der Waals surface area contributed by atoms with Crippen molar-refractivity contribution in [1.82, 2.24) is 14.9 Å². The van der Waals surface area contributed by atoms with E-state index < -0.39 is 23.1 Å². The van der Waals surface area contributed by atoms with Gasteiger partial charge in [-0.05, 0) is 17.7 Å². The lowest BCUT2D eigenvalue weighted by molar-refractivity contribution is -0.118. The molecule has 1 heterocycles. The molecule has 35 heavy (non-hydrogen) atoms. The van der Waals surface area contributed by atoms with E-state index in [9.17, 15) is 19.2 Å². The molecule has 10 nitrogen and oxygen atoms in total. The molecule has 0 aliphatic rings. The highest BCUT2D eigenvalue weighted by Gasteiger charge is 2.24. The molecule has 0 saturated carbocycles. The number of hydrogen-bond acceptors (Lipinski definition) is 6. The Morgan fingerprint density at radius 3 is 2.49 bits per heavy atom. The number of aromatic nitrogens is 2. The fraction of sp³-hybridized carbons (Fsp3) is 0.250. The van der Waals surface area contributed by atoms with Gasteiger partial charge in [0.25, 0.3) is 11.5 Å². The minimum atomic E-state index is -0.787. The monoisotopic (exact) mass is 499 g/mol. The predicted octanol–water partition coefficient (Wildman–Crippen LogP) is 1.77. The number of nitrogens with two attached hydrogens (primary N) is 1. The largest absolute Gasteiger partial charge is 0.383 e. The van der Waals surface area contributed by atoms with E-state index in [1.165, 1.54) is 12.0 Å². The summed E-state index contributed by atoms with van der Waals surface area (Å²) in [4.78, 5) is 54.2. The van der Waals surface area contributed by atoms with Crippen LogP contribution in [0.2, 0.25) is 5.02 Å². The number of nitrogen functional groups attached to an aromatic ring is 1. The first-order valence-electron chi connectivity index (χ1n) is 10.8. The maximum atomic E-state index is 13.3. The van der Waals surface area contributed by atoms with Gasteiger partial charge in [0.1, 0.15) is 5.82 Å². The van der Waals surface area contributed by atoms with Gasteiger partial charge in [0.2, 0.25) is 5.91 Å². The first-order chi connectivity index (χ1) is 16.8. The van der Waals surface area contributed by atoms with Crippen molar-refractivity contribution in [2.45, 2.75) is 19.5 Å². The fourth-order valence-corrected chi connectivity index (χ4v) is 3.68. The zero-order valence-electron chi connectivity index (χ0n) is 19.1. The number of anilines is 2. The summed E-state index contributed by atoms with van der Waals surface area (Å²) in [5.41, 5.74) is 5.59. The van der Waals surface area contributed by atoms with E-state index in [0.29, 0.717) is 5.02 Å². The summed E-state index contributed by atoms with van der Waals surface area (Å²) in [7, 11) is 1.47. The standard InChI is InChI=1S/C24H26ClN5O5/c1-35-14-13-29-21(26)20(23(33)28-24(29)34)30(15-16-7-3-2-4-8-16)19(31)11-12-27-22(32)17-9-5-6-10-18(17)25/h2-10H,11-15,26H2,1H3,(H,27,32)(H,28,33,34). The first kappa shape index (κ1) is 25.7. The summed E-state index contributed by atoms with van der Waals surface area (Å²) in [5.74, 6) is -1.05. The van der Waals surface area contributed by atoms with Crippen LogP contribution in [0.3, 0.4) is 0 Å². The third-order valence-electron chi connectivity index (χ3n) is 5.23. The van der Waals surface area contributed by atoms with Gasteiger partial charge >= 0.3 is 5.69 Å². The van der Waals surface area contributed by atoms with E-state index in [1.54, 1.807) is 48.5 Å². The van der Waals surface area contributed by atoms with Gasteiger partial charge in [0.15, 0.2) is 5.69 Å². The number of carbonyl (C=O) groups excluding carboxylic acids is 2. The zero-order valence-corrected chi connectivity index (χ0v) is 19.9. The molecular formula is C24H26ClN5O5.